The van der Waals surface area contributed by atoms with Gasteiger partial charge in [-0.25, -0.2) is 0 Å². The molecule has 2 saturated carbocycles. The summed E-state index contributed by atoms with van der Waals surface area (Å²) in [6, 6.07) is 4.99. The minimum Gasteiger partial charge on any atom is -0.340 e. The monoisotopic (exact) mass is 299 g/mol. The Balaban J connectivity index is 1.31. The number of pyridine rings is 1. The van der Waals surface area contributed by atoms with Crippen LogP contribution in [0.4, 0.5) is 0 Å². The maximum Gasteiger partial charge on any atom is 0.226 e. The lowest BCUT2D eigenvalue weighted by molar-refractivity contribution is -0.135. The van der Waals surface area contributed by atoms with Gasteiger partial charge in [0.15, 0.2) is 0 Å². The number of nitrogens with zero attached hydrogens (tertiary/aromatic N) is 3. The van der Waals surface area contributed by atoms with Gasteiger partial charge in [-0.1, -0.05) is 12.5 Å². The maximum absolute atomic E-state index is 12.7. The van der Waals surface area contributed by atoms with E-state index in [0.717, 1.165) is 44.3 Å². The molecular weight excluding hydrogens is 274 g/mol. The average molecular weight is 299 g/mol. The van der Waals surface area contributed by atoms with Gasteiger partial charge in [0.25, 0.3) is 0 Å². The van der Waals surface area contributed by atoms with Crippen molar-refractivity contribution in [3.63, 3.8) is 0 Å². The predicted octanol–water partition coefficient (Wildman–Crippen LogP) is 2.19. The second-order valence-corrected chi connectivity index (χ2v) is 7.13. The molecule has 1 unspecified atom stereocenters. The van der Waals surface area contributed by atoms with Gasteiger partial charge in [0.1, 0.15) is 0 Å². The van der Waals surface area contributed by atoms with Crippen molar-refractivity contribution in [1.82, 2.24) is 14.8 Å². The summed E-state index contributed by atoms with van der Waals surface area (Å²) in [6.07, 6.45) is 7.06. The molecule has 2 atom stereocenters. The van der Waals surface area contributed by atoms with Gasteiger partial charge < -0.3 is 4.90 Å². The maximum atomic E-state index is 12.7. The van der Waals surface area contributed by atoms with Gasteiger partial charge >= 0.3 is 0 Å². The van der Waals surface area contributed by atoms with E-state index in [1.54, 1.807) is 0 Å². The number of aryl methyl sites for hydroxylation is 1. The van der Waals surface area contributed by atoms with Crippen molar-refractivity contribution < 1.29 is 4.79 Å². The molecule has 1 aromatic rings. The molecule has 1 aliphatic heterocycles. The van der Waals surface area contributed by atoms with Gasteiger partial charge in [-0.15, -0.1) is 0 Å². The topological polar surface area (TPSA) is 36.4 Å². The number of aromatic nitrogens is 1. The molecule has 2 heterocycles. The lowest BCUT2D eigenvalue weighted by Crippen LogP contribution is -2.53. The highest BCUT2D eigenvalue weighted by Crippen LogP contribution is 2.48. The zero-order valence-electron chi connectivity index (χ0n) is 13.4. The number of amides is 1. The van der Waals surface area contributed by atoms with Crippen molar-refractivity contribution in [2.24, 2.45) is 5.92 Å². The van der Waals surface area contributed by atoms with Crippen LogP contribution in [0, 0.1) is 12.8 Å². The molecule has 0 N–H and O–H groups in total. The summed E-state index contributed by atoms with van der Waals surface area (Å²) in [7, 11) is 0. The quantitative estimate of drug-likeness (QED) is 0.858. The Labute approximate surface area is 132 Å². The lowest BCUT2D eigenvalue weighted by Gasteiger charge is -2.43. The zero-order valence-corrected chi connectivity index (χ0v) is 13.4. The van der Waals surface area contributed by atoms with Crippen molar-refractivity contribution in [1.29, 1.82) is 0 Å². The normalized spacial score (nSPS) is 29.2. The summed E-state index contributed by atoms with van der Waals surface area (Å²) in [5.41, 5.74) is 2.27. The minimum absolute atomic E-state index is 0.208. The second-order valence-electron chi connectivity index (χ2n) is 7.13. The van der Waals surface area contributed by atoms with Gasteiger partial charge in [-0.2, -0.15) is 0 Å². The van der Waals surface area contributed by atoms with Crippen LogP contribution in [0.2, 0.25) is 0 Å². The summed E-state index contributed by atoms with van der Waals surface area (Å²) in [5.74, 6) is 0.990. The van der Waals surface area contributed by atoms with Gasteiger partial charge in [0, 0.05) is 50.0 Å². The Kier molecular flexibility index (Phi) is 3.65. The first-order valence-electron chi connectivity index (χ1n) is 8.68. The average Bonchev–Trinajstić information content (AvgIpc) is 3.27. The summed E-state index contributed by atoms with van der Waals surface area (Å²) in [6.45, 7) is 5.98. The molecule has 118 valence electrons. The molecule has 1 saturated heterocycles. The first-order valence-corrected chi connectivity index (χ1v) is 8.68. The molecule has 4 heteroatoms. The Hall–Kier alpha value is -1.42. The molecule has 2 aliphatic carbocycles. The second kappa shape index (κ2) is 5.65. The molecular formula is C18H25N3O. The molecule has 0 spiro atoms. The molecule has 4 rings (SSSR count). The standard InChI is InChI=1S/C18H25N3O/c1-13-5-6-14(12-19-13)16-11-17(16)18(22)21-9-7-20(8-10-21)15-3-2-4-15/h5-6,12,15-17H,2-4,7-11H2,1H3/t16?,17-/m0/s1. The van der Waals surface area contributed by atoms with Crippen LogP contribution >= 0.6 is 0 Å². The largest absolute Gasteiger partial charge is 0.340 e. The van der Waals surface area contributed by atoms with Crippen molar-refractivity contribution >= 4 is 5.91 Å². The lowest BCUT2D eigenvalue weighted by atomic mass is 9.91. The van der Waals surface area contributed by atoms with Crippen molar-refractivity contribution in [3.05, 3.63) is 29.6 Å². The number of rotatable bonds is 3. The zero-order chi connectivity index (χ0) is 15.1. The highest BCUT2D eigenvalue weighted by atomic mass is 16.2. The van der Waals surface area contributed by atoms with Gasteiger partial charge in [-0.3, -0.25) is 14.7 Å². The summed E-state index contributed by atoms with van der Waals surface area (Å²) in [5, 5.41) is 0. The van der Waals surface area contributed by atoms with E-state index in [1.807, 2.05) is 19.2 Å². The van der Waals surface area contributed by atoms with Crippen LogP contribution < -0.4 is 0 Å². The Morgan fingerprint density at radius 3 is 2.55 bits per heavy atom. The van der Waals surface area contributed by atoms with Crippen LogP contribution in [-0.4, -0.2) is 52.9 Å². The molecule has 22 heavy (non-hydrogen) atoms. The van der Waals surface area contributed by atoms with E-state index in [2.05, 4.69) is 20.9 Å². The molecule has 0 bridgehead atoms. The highest BCUT2D eigenvalue weighted by molar-refractivity contribution is 5.83. The number of hydrogen-bond donors (Lipinski definition) is 0. The van der Waals surface area contributed by atoms with E-state index >= 15 is 0 Å². The van der Waals surface area contributed by atoms with Crippen molar-refractivity contribution in [2.45, 2.75) is 44.6 Å². The molecule has 3 aliphatic rings. The molecule has 1 amide bonds. The number of hydrogen-bond acceptors (Lipinski definition) is 3. The number of carbonyl (C=O) groups is 1. The van der Waals surface area contributed by atoms with Gasteiger partial charge in [-0.05, 0) is 43.7 Å². The Morgan fingerprint density at radius 2 is 1.95 bits per heavy atom. The fraction of sp³-hybridized carbons (Fsp3) is 0.667. The van der Waals surface area contributed by atoms with Crippen molar-refractivity contribution in [3.8, 4) is 0 Å². The first kappa shape index (κ1) is 14.2. The minimum atomic E-state index is 0.208. The molecule has 0 aromatic carbocycles. The van der Waals surface area contributed by atoms with Crippen molar-refractivity contribution in [2.75, 3.05) is 26.2 Å². The van der Waals surface area contributed by atoms with Crippen LogP contribution in [0.5, 0.6) is 0 Å². The van der Waals surface area contributed by atoms with Crippen LogP contribution in [0.25, 0.3) is 0 Å². The van der Waals surface area contributed by atoms with Crippen LogP contribution in [0.15, 0.2) is 18.3 Å². The first-order chi connectivity index (χ1) is 10.7. The molecule has 0 radical (unpaired) electrons. The fourth-order valence-corrected chi connectivity index (χ4v) is 3.83. The third-order valence-electron chi connectivity index (χ3n) is 5.69. The van der Waals surface area contributed by atoms with E-state index < -0.39 is 0 Å². The third kappa shape index (κ3) is 2.65. The summed E-state index contributed by atoms with van der Waals surface area (Å²) in [4.78, 5) is 21.7. The van der Waals surface area contributed by atoms with Gasteiger partial charge in [0.05, 0.1) is 0 Å². The summed E-state index contributed by atoms with van der Waals surface area (Å²) < 4.78 is 0. The Morgan fingerprint density at radius 1 is 1.18 bits per heavy atom. The molecule has 1 aromatic heterocycles. The van der Waals surface area contributed by atoms with Crippen LogP contribution in [0.3, 0.4) is 0 Å². The smallest absolute Gasteiger partial charge is 0.226 e. The Bertz CT molecular complexity index is 544. The molecule has 3 fully saturated rings. The van der Waals surface area contributed by atoms with Crippen LogP contribution in [-0.2, 0) is 4.79 Å². The van der Waals surface area contributed by atoms with E-state index in [9.17, 15) is 4.79 Å². The summed E-state index contributed by atoms with van der Waals surface area (Å²) >= 11 is 0. The number of piperazine rings is 1. The number of carbonyl (C=O) groups excluding carboxylic acids is 1. The van der Waals surface area contributed by atoms with E-state index in [1.165, 1.54) is 24.8 Å². The fourth-order valence-electron chi connectivity index (χ4n) is 3.83. The van der Waals surface area contributed by atoms with Gasteiger partial charge in [0.2, 0.25) is 5.91 Å². The van der Waals surface area contributed by atoms with Crippen LogP contribution in [0.1, 0.15) is 42.9 Å². The SMILES string of the molecule is Cc1ccc(C2C[C@@H]2C(=O)N2CCN(C3CCC3)CC2)cn1. The predicted molar refractivity (Wildman–Crippen MR) is 85.6 cm³/mol. The third-order valence-corrected chi connectivity index (χ3v) is 5.69. The van der Waals surface area contributed by atoms with E-state index in [-0.39, 0.29) is 5.92 Å². The van der Waals surface area contributed by atoms with E-state index in [0.29, 0.717) is 11.8 Å². The highest BCUT2D eigenvalue weighted by Gasteiger charge is 2.46. The molecule has 4 nitrogen and oxygen atoms in total. The van der Waals surface area contributed by atoms with E-state index in [4.69, 9.17) is 0 Å².